The maximum atomic E-state index is 10.6. The van der Waals surface area contributed by atoms with Crippen molar-refractivity contribution >= 4 is 32.4 Å². The van der Waals surface area contributed by atoms with Gasteiger partial charge in [0.15, 0.2) is 0 Å². The van der Waals surface area contributed by atoms with Crippen LogP contribution in [0.3, 0.4) is 0 Å². The SMILES string of the molecule is Nc1ccc(Br)cc1C(O)c1ccc2ccccc2c1. The van der Waals surface area contributed by atoms with Gasteiger partial charge in [-0.25, -0.2) is 0 Å². The van der Waals surface area contributed by atoms with E-state index in [9.17, 15) is 5.11 Å². The average Bonchev–Trinajstić information content (AvgIpc) is 2.48. The first-order chi connectivity index (χ1) is 9.65. The average molecular weight is 328 g/mol. The third kappa shape index (κ3) is 2.42. The summed E-state index contributed by atoms with van der Waals surface area (Å²) in [5.41, 5.74) is 8.11. The Bertz CT molecular complexity index is 770. The zero-order valence-electron chi connectivity index (χ0n) is 10.8. The van der Waals surface area contributed by atoms with Crippen molar-refractivity contribution in [3.8, 4) is 0 Å². The number of fused-ring (bicyclic) bond motifs is 1. The molecule has 1 atom stereocenters. The molecule has 3 heteroatoms. The highest BCUT2D eigenvalue weighted by Gasteiger charge is 2.14. The van der Waals surface area contributed by atoms with E-state index in [1.807, 2.05) is 48.5 Å². The Morgan fingerprint density at radius 2 is 1.65 bits per heavy atom. The zero-order chi connectivity index (χ0) is 14.1. The molecule has 0 fully saturated rings. The van der Waals surface area contributed by atoms with Gasteiger partial charge in [0.2, 0.25) is 0 Å². The molecule has 0 saturated heterocycles. The van der Waals surface area contributed by atoms with Crippen molar-refractivity contribution in [2.45, 2.75) is 6.10 Å². The summed E-state index contributed by atoms with van der Waals surface area (Å²) in [6, 6.07) is 19.6. The molecule has 0 heterocycles. The number of nitrogens with two attached hydrogens (primary N) is 1. The smallest absolute Gasteiger partial charge is 0.106 e. The molecule has 20 heavy (non-hydrogen) atoms. The second-order valence-electron chi connectivity index (χ2n) is 4.78. The van der Waals surface area contributed by atoms with Crippen LogP contribution in [0.4, 0.5) is 5.69 Å². The minimum atomic E-state index is -0.725. The Morgan fingerprint density at radius 1 is 0.900 bits per heavy atom. The Labute approximate surface area is 126 Å². The number of aliphatic hydroxyl groups is 1. The van der Waals surface area contributed by atoms with E-state index >= 15 is 0 Å². The van der Waals surface area contributed by atoms with Gasteiger partial charge in [-0.15, -0.1) is 0 Å². The first-order valence-electron chi connectivity index (χ1n) is 6.37. The fraction of sp³-hybridized carbons (Fsp3) is 0.0588. The molecule has 0 amide bonds. The number of aliphatic hydroxyl groups excluding tert-OH is 1. The summed E-state index contributed by atoms with van der Waals surface area (Å²) in [6.45, 7) is 0. The molecule has 3 rings (SSSR count). The fourth-order valence-corrected chi connectivity index (χ4v) is 2.72. The van der Waals surface area contributed by atoms with Gasteiger partial charge in [0.05, 0.1) is 0 Å². The number of benzene rings is 3. The Kier molecular flexibility index (Phi) is 3.47. The fourth-order valence-electron chi connectivity index (χ4n) is 2.34. The van der Waals surface area contributed by atoms with E-state index in [-0.39, 0.29) is 0 Å². The van der Waals surface area contributed by atoms with E-state index in [1.165, 1.54) is 0 Å². The zero-order valence-corrected chi connectivity index (χ0v) is 12.3. The third-order valence-corrected chi connectivity index (χ3v) is 3.93. The van der Waals surface area contributed by atoms with Crippen LogP contribution in [0.1, 0.15) is 17.2 Å². The largest absolute Gasteiger partial charge is 0.398 e. The number of rotatable bonds is 2. The van der Waals surface area contributed by atoms with Crippen molar-refractivity contribution < 1.29 is 5.11 Å². The minimum Gasteiger partial charge on any atom is -0.398 e. The van der Waals surface area contributed by atoms with Crippen LogP contribution in [0.15, 0.2) is 65.1 Å². The van der Waals surface area contributed by atoms with Crippen LogP contribution >= 0.6 is 15.9 Å². The molecule has 0 aliphatic rings. The van der Waals surface area contributed by atoms with E-state index in [4.69, 9.17) is 5.73 Å². The maximum Gasteiger partial charge on any atom is 0.106 e. The molecule has 0 bridgehead atoms. The molecule has 0 saturated carbocycles. The summed E-state index contributed by atoms with van der Waals surface area (Å²) in [7, 11) is 0. The topological polar surface area (TPSA) is 46.2 Å². The Balaban J connectivity index is 2.07. The van der Waals surface area contributed by atoms with E-state index in [0.29, 0.717) is 5.69 Å². The van der Waals surface area contributed by atoms with Crippen LogP contribution in [0.2, 0.25) is 0 Å². The third-order valence-electron chi connectivity index (χ3n) is 3.43. The second-order valence-corrected chi connectivity index (χ2v) is 5.70. The highest BCUT2D eigenvalue weighted by Crippen LogP contribution is 2.30. The summed E-state index contributed by atoms with van der Waals surface area (Å²) in [5.74, 6) is 0. The lowest BCUT2D eigenvalue weighted by Crippen LogP contribution is -2.03. The van der Waals surface area contributed by atoms with E-state index in [0.717, 1.165) is 26.4 Å². The summed E-state index contributed by atoms with van der Waals surface area (Å²) >= 11 is 3.41. The van der Waals surface area contributed by atoms with Gasteiger partial charge in [0.1, 0.15) is 6.10 Å². The molecule has 0 spiro atoms. The maximum absolute atomic E-state index is 10.6. The predicted octanol–water partition coefficient (Wildman–Crippen LogP) is 4.27. The van der Waals surface area contributed by atoms with Crippen molar-refractivity contribution in [3.63, 3.8) is 0 Å². The molecule has 0 radical (unpaired) electrons. The van der Waals surface area contributed by atoms with Gasteiger partial charge in [-0.05, 0) is 40.6 Å². The van der Waals surface area contributed by atoms with Crippen molar-refractivity contribution in [3.05, 3.63) is 76.3 Å². The van der Waals surface area contributed by atoms with Crippen LogP contribution in [-0.2, 0) is 0 Å². The quantitative estimate of drug-likeness (QED) is 0.690. The van der Waals surface area contributed by atoms with E-state index in [1.54, 1.807) is 6.07 Å². The summed E-state index contributed by atoms with van der Waals surface area (Å²) in [6.07, 6.45) is -0.725. The number of anilines is 1. The lowest BCUT2D eigenvalue weighted by atomic mass is 9.97. The lowest BCUT2D eigenvalue weighted by molar-refractivity contribution is 0.221. The number of hydrogen-bond donors (Lipinski definition) is 2. The van der Waals surface area contributed by atoms with Crippen LogP contribution in [0.5, 0.6) is 0 Å². The van der Waals surface area contributed by atoms with Gasteiger partial charge in [0.25, 0.3) is 0 Å². The van der Waals surface area contributed by atoms with Crippen molar-refractivity contribution in [1.29, 1.82) is 0 Å². The van der Waals surface area contributed by atoms with Crippen LogP contribution in [0, 0.1) is 0 Å². The summed E-state index contributed by atoms with van der Waals surface area (Å²) in [4.78, 5) is 0. The van der Waals surface area contributed by atoms with Gasteiger partial charge in [-0.1, -0.05) is 52.3 Å². The summed E-state index contributed by atoms with van der Waals surface area (Å²) in [5, 5.41) is 12.8. The molecular weight excluding hydrogens is 314 g/mol. The molecule has 0 aliphatic carbocycles. The summed E-state index contributed by atoms with van der Waals surface area (Å²) < 4.78 is 0.904. The van der Waals surface area contributed by atoms with Gasteiger partial charge in [-0.3, -0.25) is 0 Å². The molecule has 3 N–H and O–H groups in total. The standard InChI is InChI=1S/C17H14BrNO/c18-14-7-8-16(19)15(10-14)17(20)13-6-5-11-3-1-2-4-12(11)9-13/h1-10,17,20H,19H2. The number of hydrogen-bond acceptors (Lipinski definition) is 2. The first-order valence-corrected chi connectivity index (χ1v) is 7.16. The Hall–Kier alpha value is -1.84. The molecular formula is C17H14BrNO. The van der Waals surface area contributed by atoms with E-state index < -0.39 is 6.10 Å². The highest BCUT2D eigenvalue weighted by molar-refractivity contribution is 9.10. The van der Waals surface area contributed by atoms with Gasteiger partial charge < -0.3 is 10.8 Å². The second kappa shape index (κ2) is 5.27. The van der Waals surface area contributed by atoms with Gasteiger partial charge in [0, 0.05) is 15.7 Å². The lowest BCUT2D eigenvalue weighted by Gasteiger charge is -2.15. The van der Waals surface area contributed by atoms with Crippen molar-refractivity contribution in [1.82, 2.24) is 0 Å². The van der Waals surface area contributed by atoms with Crippen LogP contribution in [-0.4, -0.2) is 5.11 Å². The van der Waals surface area contributed by atoms with Crippen LogP contribution in [0.25, 0.3) is 10.8 Å². The van der Waals surface area contributed by atoms with Gasteiger partial charge >= 0.3 is 0 Å². The molecule has 0 aromatic heterocycles. The van der Waals surface area contributed by atoms with Crippen molar-refractivity contribution in [2.75, 3.05) is 5.73 Å². The van der Waals surface area contributed by atoms with Gasteiger partial charge in [-0.2, -0.15) is 0 Å². The van der Waals surface area contributed by atoms with Crippen molar-refractivity contribution in [2.24, 2.45) is 0 Å². The molecule has 3 aromatic rings. The number of halogens is 1. The Morgan fingerprint density at radius 3 is 2.45 bits per heavy atom. The molecule has 0 aliphatic heterocycles. The van der Waals surface area contributed by atoms with Crippen LogP contribution < -0.4 is 5.73 Å². The number of nitrogen functional groups attached to an aromatic ring is 1. The minimum absolute atomic E-state index is 0.592. The molecule has 2 nitrogen and oxygen atoms in total. The first kappa shape index (κ1) is 13.2. The highest BCUT2D eigenvalue weighted by atomic mass is 79.9. The molecule has 100 valence electrons. The molecule has 1 unspecified atom stereocenters. The molecule has 3 aromatic carbocycles. The predicted molar refractivity (Wildman–Crippen MR) is 86.6 cm³/mol. The van der Waals surface area contributed by atoms with E-state index in [2.05, 4.69) is 22.0 Å². The monoisotopic (exact) mass is 327 g/mol. The normalized spacial score (nSPS) is 12.5.